The van der Waals surface area contributed by atoms with Crippen molar-refractivity contribution in [1.82, 2.24) is 5.32 Å². The van der Waals surface area contributed by atoms with Gasteiger partial charge in [-0.25, -0.2) is 4.79 Å². The van der Waals surface area contributed by atoms with E-state index in [0.29, 0.717) is 12.2 Å². The first-order chi connectivity index (χ1) is 9.73. The minimum atomic E-state index is -0.812. The number of aliphatic hydroxyl groups excluding tert-OH is 1. The molecule has 0 unspecified atom stereocenters. The summed E-state index contributed by atoms with van der Waals surface area (Å²) in [6.45, 7) is 9.61. The molecule has 0 aliphatic heterocycles. The van der Waals surface area contributed by atoms with Gasteiger partial charge in [-0.05, 0) is 52.3 Å². The molecule has 0 aliphatic carbocycles. The second-order valence-electron chi connectivity index (χ2n) is 5.88. The lowest BCUT2D eigenvalue weighted by Crippen LogP contribution is -2.40. The molecule has 5 heteroatoms. The van der Waals surface area contributed by atoms with Gasteiger partial charge in [0.15, 0.2) is 0 Å². The van der Waals surface area contributed by atoms with Gasteiger partial charge >= 0.3 is 6.09 Å². The number of carbonyl (C=O) groups is 1. The molecule has 1 aromatic carbocycles. The zero-order valence-electron chi connectivity index (χ0n) is 13.3. The van der Waals surface area contributed by atoms with Crippen molar-refractivity contribution in [3.05, 3.63) is 29.8 Å². The smallest absolute Gasteiger partial charge is 0.407 e. The summed E-state index contributed by atoms with van der Waals surface area (Å²) in [5.41, 5.74) is 0.149. The highest BCUT2D eigenvalue weighted by atomic mass is 16.6. The molecular formula is C16H25NO4. The van der Waals surface area contributed by atoms with E-state index in [1.165, 1.54) is 0 Å². The van der Waals surface area contributed by atoms with E-state index >= 15 is 0 Å². The molecule has 1 amide bonds. The second kappa shape index (κ2) is 7.31. The molecule has 0 saturated carbocycles. The lowest BCUT2D eigenvalue weighted by Gasteiger charge is -2.24. The molecule has 1 aromatic rings. The molecule has 0 bridgehead atoms. The Labute approximate surface area is 126 Å². The number of ether oxygens (including phenoxy) is 2. The molecule has 0 aliphatic rings. The van der Waals surface area contributed by atoms with Crippen molar-refractivity contribution in [2.75, 3.05) is 6.61 Å². The van der Waals surface area contributed by atoms with E-state index in [9.17, 15) is 9.90 Å². The van der Waals surface area contributed by atoms with Crippen molar-refractivity contribution in [2.45, 2.75) is 52.4 Å². The normalized spacial score (nSPS) is 14.2. The van der Waals surface area contributed by atoms with Gasteiger partial charge in [0.05, 0.1) is 18.8 Å². The fourth-order valence-corrected chi connectivity index (χ4v) is 1.79. The first-order valence-corrected chi connectivity index (χ1v) is 7.13. The number of alkyl carbamates (subject to hydrolysis) is 1. The number of aliphatic hydroxyl groups is 1. The van der Waals surface area contributed by atoms with Crippen LogP contribution in [0.15, 0.2) is 24.3 Å². The van der Waals surface area contributed by atoms with Crippen LogP contribution in [0.1, 0.15) is 46.3 Å². The third kappa shape index (κ3) is 6.04. The molecule has 0 heterocycles. The Morgan fingerprint density at radius 3 is 2.33 bits per heavy atom. The van der Waals surface area contributed by atoms with Crippen molar-refractivity contribution in [3.63, 3.8) is 0 Å². The summed E-state index contributed by atoms with van der Waals surface area (Å²) in [6.07, 6.45) is -1.35. The van der Waals surface area contributed by atoms with Crippen LogP contribution < -0.4 is 10.1 Å². The molecule has 0 spiro atoms. The molecule has 2 atom stereocenters. The van der Waals surface area contributed by atoms with Gasteiger partial charge in [0.25, 0.3) is 0 Å². The predicted octanol–water partition coefficient (Wildman–Crippen LogP) is 3.03. The molecule has 0 saturated heterocycles. The Morgan fingerprint density at radius 1 is 1.29 bits per heavy atom. The molecule has 0 radical (unpaired) electrons. The van der Waals surface area contributed by atoms with Crippen LogP contribution in [0.5, 0.6) is 5.75 Å². The highest BCUT2D eigenvalue weighted by Gasteiger charge is 2.22. The number of carbonyl (C=O) groups excluding carboxylic acids is 1. The number of benzene rings is 1. The van der Waals surface area contributed by atoms with Gasteiger partial charge in [-0.3, -0.25) is 0 Å². The Balaban J connectivity index is 2.61. The molecular weight excluding hydrogens is 270 g/mol. The highest BCUT2D eigenvalue weighted by molar-refractivity contribution is 5.68. The maximum atomic E-state index is 11.7. The largest absolute Gasteiger partial charge is 0.494 e. The summed E-state index contributed by atoms with van der Waals surface area (Å²) in [5.74, 6) is 0.751. The van der Waals surface area contributed by atoms with Crippen LogP contribution in [-0.4, -0.2) is 29.4 Å². The minimum Gasteiger partial charge on any atom is -0.494 e. The van der Waals surface area contributed by atoms with Crippen LogP contribution in [0.3, 0.4) is 0 Å². The summed E-state index contributed by atoms with van der Waals surface area (Å²) < 4.78 is 10.5. The zero-order valence-corrected chi connectivity index (χ0v) is 13.3. The number of hydrogen-bond donors (Lipinski definition) is 2. The molecule has 0 aromatic heterocycles. The van der Waals surface area contributed by atoms with Crippen LogP contribution in [-0.2, 0) is 4.74 Å². The van der Waals surface area contributed by atoms with E-state index in [1.807, 2.05) is 6.92 Å². The zero-order chi connectivity index (χ0) is 16.0. The Hall–Kier alpha value is -1.75. The first-order valence-electron chi connectivity index (χ1n) is 7.13. The summed E-state index contributed by atoms with van der Waals surface area (Å²) in [6, 6.07) is 6.69. The van der Waals surface area contributed by atoms with Gasteiger partial charge in [-0.2, -0.15) is 0 Å². The lowest BCUT2D eigenvalue weighted by atomic mass is 10.0. The van der Waals surface area contributed by atoms with E-state index in [0.717, 1.165) is 5.75 Å². The maximum Gasteiger partial charge on any atom is 0.407 e. The van der Waals surface area contributed by atoms with Crippen LogP contribution in [0.25, 0.3) is 0 Å². The molecule has 2 N–H and O–H groups in total. The van der Waals surface area contributed by atoms with E-state index in [4.69, 9.17) is 9.47 Å². The molecule has 118 valence electrons. The SMILES string of the molecule is CCOc1ccc([C@@H](O)[C@H](C)NC(=O)OC(C)(C)C)cc1. The highest BCUT2D eigenvalue weighted by Crippen LogP contribution is 2.20. The first kappa shape index (κ1) is 17.3. The van der Waals surface area contributed by atoms with Gasteiger partial charge in [0.2, 0.25) is 0 Å². The quantitative estimate of drug-likeness (QED) is 0.876. The minimum absolute atomic E-state index is 0.460. The van der Waals surface area contributed by atoms with Crippen LogP contribution in [0, 0.1) is 0 Å². The van der Waals surface area contributed by atoms with Crippen LogP contribution in [0.4, 0.5) is 4.79 Å². The van der Waals surface area contributed by atoms with Crippen molar-refractivity contribution < 1.29 is 19.4 Å². The van der Waals surface area contributed by atoms with Gasteiger partial charge in [-0.15, -0.1) is 0 Å². The van der Waals surface area contributed by atoms with E-state index < -0.39 is 23.8 Å². The third-order valence-corrected chi connectivity index (χ3v) is 2.75. The Kier molecular flexibility index (Phi) is 6.03. The van der Waals surface area contributed by atoms with E-state index in [1.54, 1.807) is 52.0 Å². The summed E-state index contributed by atoms with van der Waals surface area (Å²) in [4.78, 5) is 11.7. The van der Waals surface area contributed by atoms with Crippen molar-refractivity contribution in [1.29, 1.82) is 0 Å². The van der Waals surface area contributed by atoms with Gasteiger partial charge in [0.1, 0.15) is 11.4 Å². The van der Waals surface area contributed by atoms with Crippen LogP contribution >= 0.6 is 0 Å². The Bertz CT molecular complexity index is 450. The Morgan fingerprint density at radius 2 is 1.86 bits per heavy atom. The summed E-state index contributed by atoms with van der Waals surface area (Å²) in [7, 11) is 0. The average molecular weight is 295 g/mol. The van der Waals surface area contributed by atoms with E-state index in [-0.39, 0.29) is 0 Å². The molecule has 0 fully saturated rings. The topological polar surface area (TPSA) is 67.8 Å². The fourth-order valence-electron chi connectivity index (χ4n) is 1.79. The van der Waals surface area contributed by atoms with Gasteiger partial charge < -0.3 is 19.9 Å². The van der Waals surface area contributed by atoms with Gasteiger partial charge in [-0.1, -0.05) is 12.1 Å². The number of nitrogens with one attached hydrogen (secondary N) is 1. The van der Waals surface area contributed by atoms with E-state index in [2.05, 4.69) is 5.32 Å². The number of amides is 1. The van der Waals surface area contributed by atoms with Crippen molar-refractivity contribution >= 4 is 6.09 Å². The maximum absolute atomic E-state index is 11.7. The summed E-state index contributed by atoms with van der Waals surface area (Å²) >= 11 is 0. The summed E-state index contributed by atoms with van der Waals surface area (Å²) in [5, 5.41) is 12.9. The van der Waals surface area contributed by atoms with Gasteiger partial charge in [0, 0.05) is 0 Å². The fraction of sp³-hybridized carbons (Fsp3) is 0.562. The third-order valence-electron chi connectivity index (χ3n) is 2.75. The molecule has 5 nitrogen and oxygen atoms in total. The molecule has 21 heavy (non-hydrogen) atoms. The van der Waals surface area contributed by atoms with Crippen LogP contribution in [0.2, 0.25) is 0 Å². The predicted molar refractivity (Wildman–Crippen MR) is 81.4 cm³/mol. The lowest BCUT2D eigenvalue weighted by molar-refractivity contribution is 0.0435. The average Bonchev–Trinajstić information content (AvgIpc) is 2.36. The van der Waals surface area contributed by atoms with Crippen molar-refractivity contribution in [3.8, 4) is 5.75 Å². The number of hydrogen-bond acceptors (Lipinski definition) is 4. The second-order valence-corrected chi connectivity index (χ2v) is 5.88. The monoisotopic (exact) mass is 295 g/mol. The van der Waals surface area contributed by atoms with Crippen molar-refractivity contribution in [2.24, 2.45) is 0 Å². The number of rotatable bonds is 5. The molecule has 1 rings (SSSR count). The standard InChI is InChI=1S/C16H25NO4/c1-6-20-13-9-7-12(8-10-13)14(18)11(2)17-15(19)21-16(3,4)5/h7-11,14,18H,6H2,1-5H3,(H,17,19)/t11-,14-/m0/s1.